The van der Waals surface area contributed by atoms with Crippen LogP contribution < -0.4 is 5.32 Å². The molecule has 0 spiro atoms. The van der Waals surface area contributed by atoms with Crippen LogP contribution in [0.3, 0.4) is 0 Å². The molecule has 1 aliphatic carbocycles. The Balaban J connectivity index is 1.47. The molecular weight excluding hydrogens is 296 g/mol. The predicted molar refractivity (Wildman–Crippen MR) is 83.6 cm³/mol. The standard InChI is InChI=1S/C16H26N4O3/c1-3-22-11(2)15-18-14(23-19-15)8-17-16(21)20-9-12-6-4-5-7-13(12)10-20/h11-13H,3-10H2,1-2H3,(H,17,21)/t11-,12-,13+/m1/s1. The first-order valence-corrected chi connectivity index (χ1v) is 8.64. The number of hydrogen-bond acceptors (Lipinski definition) is 5. The molecule has 1 aromatic rings. The second-order valence-corrected chi connectivity index (χ2v) is 6.51. The lowest BCUT2D eigenvalue weighted by Crippen LogP contribution is -2.38. The zero-order chi connectivity index (χ0) is 16.2. The van der Waals surface area contributed by atoms with Gasteiger partial charge in [0, 0.05) is 19.7 Å². The third-order valence-corrected chi connectivity index (χ3v) is 4.92. The van der Waals surface area contributed by atoms with E-state index in [9.17, 15) is 4.79 Å². The highest BCUT2D eigenvalue weighted by Gasteiger charge is 2.36. The third kappa shape index (κ3) is 3.83. The summed E-state index contributed by atoms with van der Waals surface area (Å²) in [4.78, 5) is 18.5. The van der Waals surface area contributed by atoms with E-state index in [0.29, 0.717) is 30.2 Å². The van der Waals surface area contributed by atoms with Gasteiger partial charge in [0.1, 0.15) is 6.10 Å². The maximum absolute atomic E-state index is 12.3. The first kappa shape index (κ1) is 16.2. The number of carbonyl (C=O) groups excluding carboxylic acids is 1. The molecule has 3 rings (SSSR count). The van der Waals surface area contributed by atoms with Crippen LogP contribution in [0.25, 0.3) is 0 Å². The minimum atomic E-state index is -0.199. The summed E-state index contributed by atoms with van der Waals surface area (Å²) in [6.07, 6.45) is 4.93. The van der Waals surface area contributed by atoms with Gasteiger partial charge in [-0.2, -0.15) is 4.98 Å². The van der Waals surface area contributed by atoms with Crippen molar-refractivity contribution in [2.24, 2.45) is 11.8 Å². The monoisotopic (exact) mass is 322 g/mol. The topological polar surface area (TPSA) is 80.5 Å². The lowest BCUT2D eigenvalue weighted by atomic mass is 9.82. The van der Waals surface area contributed by atoms with Gasteiger partial charge in [-0.15, -0.1) is 0 Å². The maximum atomic E-state index is 12.3. The Morgan fingerprint density at radius 3 is 2.74 bits per heavy atom. The SMILES string of the molecule is CCO[C@H](C)c1noc(CNC(=O)N2C[C@H]3CCCC[C@H]3C2)n1. The molecule has 128 valence electrons. The fourth-order valence-electron chi connectivity index (χ4n) is 3.66. The molecule has 3 atom stereocenters. The van der Waals surface area contributed by atoms with Gasteiger partial charge >= 0.3 is 6.03 Å². The first-order valence-electron chi connectivity index (χ1n) is 8.64. The molecule has 23 heavy (non-hydrogen) atoms. The molecule has 0 aromatic carbocycles. The first-order chi connectivity index (χ1) is 11.2. The molecule has 2 aliphatic rings. The van der Waals surface area contributed by atoms with Gasteiger partial charge in [0.05, 0.1) is 6.54 Å². The summed E-state index contributed by atoms with van der Waals surface area (Å²) in [7, 11) is 0. The molecule has 7 nitrogen and oxygen atoms in total. The number of nitrogens with one attached hydrogen (secondary N) is 1. The van der Waals surface area contributed by atoms with Gasteiger partial charge in [0.25, 0.3) is 0 Å². The van der Waals surface area contributed by atoms with E-state index in [2.05, 4.69) is 15.5 Å². The van der Waals surface area contributed by atoms with Gasteiger partial charge in [-0.25, -0.2) is 4.79 Å². The van der Waals surface area contributed by atoms with Crippen LogP contribution in [0.2, 0.25) is 0 Å². The van der Waals surface area contributed by atoms with Crippen molar-refractivity contribution in [1.29, 1.82) is 0 Å². The molecule has 1 saturated heterocycles. The van der Waals surface area contributed by atoms with Gasteiger partial charge in [-0.3, -0.25) is 0 Å². The number of urea groups is 1. The normalized spacial score (nSPS) is 25.2. The zero-order valence-corrected chi connectivity index (χ0v) is 14.0. The van der Waals surface area contributed by atoms with E-state index in [1.54, 1.807) is 0 Å². The van der Waals surface area contributed by atoms with Crippen LogP contribution in [-0.2, 0) is 11.3 Å². The number of fused-ring (bicyclic) bond motifs is 1. The Morgan fingerprint density at radius 1 is 1.39 bits per heavy atom. The Kier molecular flexibility index (Phi) is 5.15. The summed E-state index contributed by atoms with van der Waals surface area (Å²) in [6, 6.07) is -0.0305. The third-order valence-electron chi connectivity index (χ3n) is 4.92. The van der Waals surface area contributed by atoms with Crippen molar-refractivity contribution >= 4 is 6.03 Å². The summed E-state index contributed by atoms with van der Waals surface area (Å²) in [6.45, 7) is 6.42. The van der Waals surface area contributed by atoms with Crippen LogP contribution in [0, 0.1) is 11.8 Å². The molecule has 1 aliphatic heterocycles. The quantitative estimate of drug-likeness (QED) is 0.901. The van der Waals surface area contributed by atoms with Crippen LogP contribution in [0.1, 0.15) is 57.3 Å². The van der Waals surface area contributed by atoms with Crippen LogP contribution in [0.4, 0.5) is 4.79 Å². The van der Waals surface area contributed by atoms with Crippen LogP contribution >= 0.6 is 0 Å². The lowest BCUT2D eigenvalue weighted by molar-refractivity contribution is 0.0683. The van der Waals surface area contributed by atoms with Crippen LogP contribution in [0.15, 0.2) is 4.52 Å². The van der Waals surface area contributed by atoms with Gasteiger partial charge < -0.3 is 19.5 Å². The number of ether oxygens (including phenoxy) is 1. The number of nitrogens with zero attached hydrogens (tertiary/aromatic N) is 3. The molecular formula is C16H26N4O3. The van der Waals surface area contributed by atoms with Crippen LogP contribution in [0.5, 0.6) is 0 Å². The summed E-state index contributed by atoms with van der Waals surface area (Å²) in [5, 5.41) is 6.78. The molecule has 2 fully saturated rings. The van der Waals surface area contributed by atoms with E-state index in [-0.39, 0.29) is 18.7 Å². The number of carbonyl (C=O) groups is 1. The average Bonchev–Trinajstić information content (AvgIpc) is 3.19. The Morgan fingerprint density at radius 2 is 2.09 bits per heavy atom. The molecule has 1 saturated carbocycles. The van der Waals surface area contributed by atoms with E-state index >= 15 is 0 Å². The molecule has 7 heteroatoms. The van der Waals surface area contributed by atoms with Gasteiger partial charge in [0.15, 0.2) is 5.82 Å². The smallest absolute Gasteiger partial charge is 0.317 e. The van der Waals surface area contributed by atoms with Crippen molar-refractivity contribution in [3.63, 3.8) is 0 Å². The van der Waals surface area contributed by atoms with Gasteiger partial charge in [-0.1, -0.05) is 18.0 Å². The van der Waals surface area contributed by atoms with Crippen molar-refractivity contribution in [3.05, 3.63) is 11.7 Å². The largest absolute Gasteiger partial charge is 0.371 e. The number of hydrogen-bond donors (Lipinski definition) is 1. The maximum Gasteiger partial charge on any atom is 0.317 e. The highest BCUT2D eigenvalue weighted by Crippen LogP contribution is 2.35. The Labute approximate surface area is 136 Å². The van der Waals surface area contributed by atoms with E-state index in [1.807, 2.05) is 18.7 Å². The van der Waals surface area contributed by atoms with Crippen molar-refractivity contribution in [1.82, 2.24) is 20.4 Å². The van der Waals surface area contributed by atoms with E-state index in [4.69, 9.17) is 9.26 Å². The van der Waals surface area contributed by atoms with Crippen LogP contribution in [-0.4, -0.2) is 40.8 Å². The predicted octanol–water partition coefficient (Wildman–Crippen LogP) is 2.50. The van der Waals surface area contributed by atoms with Crippen molar-refractivity contribution in [2.45, 2.75) is 52.2 Å². The summed E-state index contributed by atoms with van der Waals surface area (Å²) < 4.78 is 10.6. The highest BCUT2D eigenvalue weighted by atomic mass is 16.5. The minimum absolute atomic E-state index is 0.0305. The molecule has 0 radical (unpaired) electrons. The Hall–Kier alpha value is -1.63. The van der Waals surface area contributed by atoms with Gasteiger partial charge in [-0.05, 0) is 38.5 Å². The number of amides is 2. The second-order valence-electron chi connectivity index (χ2n) is 6.51. The molecule has 1 N–H and O–H groups in total. The fraction of sp³-hybridized carbons (Fsp3) is 0.812. The number of rotatable bonds is 5. The van der Waals surface area contributed by atoms with E-state index in [0.717, 1.165) is 13.1 Å². The minimum Gasteiger partial charge on any atom is -0.371 e. The molecule has 2 amide bonds. The highest BCUT2D eigenvalue weighted by molar-refractivity contribution is 5.74. The molecule has 1 aromatic heterocycles. The van der Waals surface area contributed by atoms with Gasteiger partial charge in [0.2, 0.25) is 5.89 Å². The molecule has 0 bridgehead atoms. The van der Waals surface area contributed by atoms with E-state index < -0.39 is 0 Å². The van der Waals surface area contributed by atoms with E-state index in [1.165, 1.54) is 25.7 Å². The summed E-state index contributed by atoms with van der Waals surface area (Å²) >= 11 is 0. The zero-order valence-electron chi connectivity index (χ0n) is 14.0. The lowest BCUT2D eigenvalue weighted by Gasteiger charge is -2.22. The average molecular weight is 322 g/mol. The second kappa shape index (κ2) is 7.29. The fourth-order valence-corrected chi connectivity index (χ4v) is 3.66. The Bertz CT molecular complexity index is 519. The number of aromatic nitrogens is 2. The van der Waals surface area contributed by atoms with Crippen molar-refractivity contribution in [3.8, 4) is 0 Å². The van der Waals surface area contributed by atoms with Crippen molar-refractivity contribution in [2.75, 3.05) is 19.7 Å². The molecule has 0 unspecified atom stereocenters. The summed E-state index contributed by atoms with van der Waals surface area (Å²) in [5.74, 6) is 2.31. The number of likely N-dealkylation sites (tertiary alicyclic amines) is 1. The molecule has 2 heterocycles. The summed E-state index contributed by atoms with van der Waals surface area (Å²) in [5.41, 5.74) is 0. The van der Waals surface area contributed by atoms with Crippen molar-refractivity contribution < 1.29 is 14.1 Å².